The Kier molecular flexibility index (Phi) is 234. The van der Waals surface area contributed by atoms with Crippen LogP contribution in [0.25, 0.3) is 0 Å². The summed E-state index contributed by atoms with van der Waals surface area (Å²) >= 11 is 7.90. The van der Waals surface area contributed by atoms with Crippen molar-refractivity contribution < 1.29 is 17.8 Å². The number of rotatable bonds is 0. The topological polar surface area (TPSA) is 329 Å². The third-order valence-electron chi connectivity index (χ3n) is 7.35. The zero-order chi connectivity index (χ0) is 96.7. The first-order valence-corrected chi connectivity index (χ1v) is 46.6. The third-order valence-corrected chi connectivity index (χ3v) is 10.7. The smallest absolute Gasteiger partial charge is 0.213 e. The van der Waals surface area contributed by atoms with E-state index in [1.54, 1.807) is 101 Å². The Morgan fingerprint density at radius 3 is 0.992 bits per heavy atom. The van der Waals surface area contributed by atoms with Gasteiger partial charge in [-0.3, -0.25) is 35.1 Å². The zero-order valence-corrected chi connectivity index (χ0v) is 88.6. The van der Waals surface area contributed by atoms with Gasteiger partial charge in [0, 0.05) is 64.9 Å². The Morgan fingerprint density at radius 2 is 0.873 bits per heavy atom. The second-order valence-corrected chi connectivity index (χ2v) is 19.1. The lowest BCUT2D eigenvalue weighted by atomic mass is 10.3. The second-order valence-electron chi connectivity index (χ2n) is 14.6. The monoisotopic (exact) mass is 1750 g/mol. The normalized spacial score (nSPS) is 6.94. The van der Waals surface area contributed by atoms with Gasteiger partial charge in [0.1, 0.15) is 58.2 Å². The Balaban J connectivity index is -0.0000000512. The Morgan fingerprint density at radius 1 is 0.347 bits per heavy atom. The van der Waals surface area contributed by atoms with Crippen molar-refractivity contribution in [3.63, 3.8) is 0 Å². The number of aryl methyl sites for hydroxylation is 13. The van der Waals surface area contributed by atoms with Gasteiger partial charge in [0.2, 0.25) is 18.7 Å². The standard InChI is InChI=1S/2C6H7N.2C4H5NO.3C4H5NS.2C3H5N3.2C3H4N2O.2C3H4N2S.19C2H6/c1-6-3-2-4-7-5-6;1-6-4-2-3-5-7-6;1-4-2-6-3-5-4;1-4-2-5-3-6-4;1-4-2-6-3-5-4;1-4-2-5-3-6-4;1-4-5-2-3-6-4;2*1-3-4-2-5-6-3;1-3-5-4-2-6-3;1-3-4-2-6-5-3;1-3-5-4-2-6-3;1-3-4-2-6-5-3;19*1-2/h2*2-5H,1H3;5*2-3H,1H3;2*2H,1H3,(H,4,5,6);4*2H,1H3;19*1-2H3. The molecule has 0 radical (unpaired) electrons. The number of hydrogen-bond acceptors (Lipinski definition) is 28. The van der Waals surface area contributed by atoms with Crippen molar-refractivity contribution in [1.82, 2.24) is 105 Å². The number of H-pyrrole nitrogens is 2. The van der Waals surface area contributed by atoms with Crippen molar-refractivity contribution in [3.05, 3.63) is 217 Å². The molecule has 13 aromatic rings. The van der Waals surface area contributed by atoms with Crippen LogP contribution in [0.4, 0.5) is 0 Å². The first-order chi connectivity index (χ1) is 57.6. The maximum atomic E-state index is 4.72. The summed E-state index contributed by atoms with van der Waals surface area (Å²) in [6, 6.07) is 9.80. The minimum atomic E-state index is 0.606. The van der Waals surface area contributed by atoms with E-state index < -0.39 is 0 Å². The largest absolute Gasteiger partial charge is 0.452 e. The lowest BCUT2D eigenvalue weighted by Gasteiger charge is -1.82. The van der Waals surface area contributed by atoms with Gasteiger partial charge in [-0.1, -0.05) is 280 Å². The van der Waals surface area contributed by atoms with E-state index in [2.05, 4.69) is 119 Å². The van der Waals surface area contributed by atoms with Crippen molar-refractivity contribution in [2.45, 2.75) is 353 Å². The summed E-state index contributed by atoms with van der Waals surface area (Å²) in [5.41, 5.74) is 11.4. The number of oxazole rings is 2. The van der Waals surface area contributed by atoms with Crippen LogP contribution in [0.1, 0.15) is 336 Å². The van der Waals surface area contributed by atoms with Gasteiger partial charge in [0.15, 0.2) is 18.6 Å². The first kappa shape index (κ1) is 157. The third kappa shape index (κ3) is 171. The molecular weight excluding hydrogens is 1580 g/mol. The molecule has 0 aliphatic carbocycles. The fraction of sp³-hybridized carbons (Fsp3) is 0.580. The van der Waals surface area contributed by atoms with E-state index in [0.29, 0.717) is 11.7 Å². The molecule has 0 atom stereocenters. The Bertz CT molecular complexity index is 2470. The van der Waals surface area contributed by atoms with Gasteiger partial charge >= 0.3 is 0 Å². The second kappa shape index (κ2) is 175. The van der Waals surface area contributed by atoms with Gasteiger partial charge in [0.05, 0.1) is 27.9 Å². The molecule has 0 amide bonds. The van der Waals surface area contributed by atoms with Crippen LogP contribution in [0.3, 0.4) is 0 Å². The summed E-state index contributed by atoms with van der Waals surface area (Å²) in [6.45, 7) is 101. The van der Waals surface area contributed by atoms with E-state index >= 15 is 0 Å². The first-order valence-electron chi connectivity index (χ1n) is 42.2. The number of aromatic nitrogens is 21. The Labute approximate surface area is 745 Å². The minimum Gasteiger partial charge on any atom is -0.452 e. The Hall–Kier alpha value is -8.71. The molecule has 0 fully saturated rings. The predicted octanol–water partition coefficient (Wildman–Crippen LogP) is 31.3. The summed E-state index contributed by atoms with van der Waals surface area (Å²) in [6.07, 6.45) is 20.7. The molecule has 0 aliphatic rings. The summed E-state index contributed by atoms with van der Waals surface area (Å²) in [7, 11) is 0. The molecule has 0 spiro atoms. The van der Waals surface area contributed by atoms with E-state index in [9.17, 15) is 0 Å². The fourth-order valence-corrected chi connectivity index (χ4v) is 5.92. The maximum absolute atomic E-state index is 4.72. The predicted molar refractivity (Wildman–Crippen MR) is 526 cm³/mol. The minimum absolute atomic E-state index is 0.606. The van der Waals surface area contributed by atoms with Crippen LogP contribution in [0.15, 0.2) is 163 Å². The molecule has 25 nitrogen and oxygen atoms in total. The van der Waals surface area contributed by atoms with Gasteiger partial charge in [-0.05, 0) is 118 Å². The molecular formula is C88H179N21O4S5. The van der Waals surface area contributed by atoms with Crippen molar-refractivity contribution in [3.8, 4) is 0 Å². The van der Waals surface area contributed by atoms with Gasteiger partial charge in [-0.15, -0.1) is 65.7 Å². The number of nitrogens with zero attached hydrogens (tertiary/aromatic N) is 19. The lowest BCUT2D eigenvalue weighted by Crippen LogP contribution is -1.72. The van der Waals surface area contributed by atoms with E-state index in [4.69, 9.17) is 4.42 Å². The molecule has 0 aromatic carbocycles. The van der Waals surface area contributed by atoms with Crippen LogP contribution in [0.2, 0.25) is 0 Å². The van der Waals surface area contributed by atoms with E-state index in [1.165, 1.54) is 60.2 Å². The molecule has 2 N–H and O–H groups in total. The molecule has 118 heavy (non-hydrogen) atoms. The van der Waals surface area contributed by atoms with Crippen LogP contribution in [0.5, 0.6) is 0 Å². The number of aromatic amines is 2. The van der Waals surface area contributed by atoms with Crippen molar-refractivity contribution in [1.29, 1.82) is 0 Å². The van der Waals surface area contributed by atoms with Gasteiger partial charge in [-0.2, -0.15) is 19.6 Å². The van der Waals surface area contributed by atoms with E-state index in [0.717, 1.165) is 50.3 Å². The van der Waals surface area contributed by atoms with E-state index in [-0.39, 0.29) is 0 Å². The van der Waals surface area contributed by atoms with Crippen molar-refractivity contribution >= 4 is 56.9 Å². The molecule has 690 valence electrons. The highest BCUT2D eigenvalue weighted by Crippen LogP contribution is 2.01. The SMILES string of the molecule is CC.CC.CC.CC.CC.CC.CC.CC.CC.CC.CC.CC.CC.CC.CC.CC.CC.CC.CC.Cc1ccccn1.Cc1cccnc1.Cc1cnco1.Cc1cncs1.Cc1cocn1.Cc1cscn1.Cc1nccs1.Cc1ncn[nH]1.Cc1ncn[nH]1.Cc1ncon1.Cc1ncsn1.Cc1nnco1.Cc1nncs1. The number of pyridine rings is 2. The maximum Gasteiger partial charge on any atom is 0.213 e. The lowest BCUT2D eigenvalue weighted by molar-refractivity contribution is 0.412. The fourth-order valence-electron chi connectivity index (χ4n) is 3.73. The molecule has 13 aromatic heterocycles. The van der Waals surface area contributed by atoms with Crippen LogP contribution >= 0.6 is 56.9 Å². The van der Waals surface area contributed by atoms with Crippen LogP contribution in [-0.2, 0) is 0 Å². The summed E-state index contributed by atoms with van der Waals surface area (Å²) in [5.74, 6) is 4.71. The molecule has 0 saturated heterocycles. The molecule has 0 aliphatic heterocycles. The van der Waals surface area contributed by atoms with Crippen LogP contribution < -0.4 is 0 Å². The van der Waals surface area contributed by atoms with E-state index in [1.807, 2.05) is 404 Å². The van der Waals surface area contributed by atoms with Gasteiger partial charge in [-0.25, -0.2) is 24.9 Å². The summed E-state index contributed by atoms with van der Waals surface area (Å²) in [4.78, 5) is 43.2. The number of nitrogens with one attached hydrogen (secondary N) is 2. The van der Waals surface area contributed by atoms with Crippen LogP contribution in [-0.4, -0.2) is 105 Å². The average Bonchev–Trinajstić information content (AvgIpc) is 1.93. The van der Waals surface area contributed by atoms with Crippen LogP contribution in [0, 0.1) is 90.0 Å². The summed E-state index contributed by atoms with van der Waals surface area (Å²) < 4.78 is 22.1. The van der Waals surface area contributed by atoms with Gasteiger partial charge < -0.3 is 17.8 Å². The molecule has 0 saturated carbocycles. The molecule has 13 rings (SSSR count). The zero-order valence-electron chi connectivity index (χ0n) is 84.5. The summed E-state index contributed by atoms with van der Waals surface area (Å²) in [5, 5.41) is 36.2. The highest BCUT2D eigenvalue weighted by molar-refractivity contribution is 7.10. The van der Waals surface area contributed by atoms with Crippen molar-refractivity contribution in [2.24, 2.45) is 0 Å². The number of hydrogen-bond donors (Lipinski definition) is 2. The highest BCUT2D eigenvalue weighted by Gasteiger charge is 1.84. The quantitative estimate of drug-likeness (QED) is 0.142. The average molecular weight is 1760 g/mol. The molecule has 30 heteroatoms. The molecule has 13 heterocycles. The van der Waals surface area contributed by atoms with Crippen molar-refractivity contribution in [2.75, 3.05) is 0 Å². The van der Waals surface area contributed by atoms with Gasteiger partial charge in [0.25, 0.3) is 0 Å². The molecule has 0 bridgehead atoms. The molecule has 0 unspecified atom stereocenters. The highest BCUT2D eigenvalue weighted by atomic mass is 32.1. The number of thiazole rings is 3.